The van der Waals surface area contributed by atoms with Gasteiger partial charge in [0.05, 0.1) is 11.9 Å². The van der Waals surface area contributed by atoms with E-state index < -0.39 is 0 Å². The second kappa shape index (κ2) is 7.56. The molecule has 18 heavy (non-hydrogen) atoms. The van der Waals surface area contributed by atoms with Crippen molar-refractivity contribution in [2.24, 2.45) is 5.73 Å². The number of H-pyrrole nitrogens is 1. The summed E-state index contributed by atoms with van der Waals surface area (Å²) in [7, 11) is 0. The van der Waals surface area contributed by atoms with Crippen LogP contribution in [0.1, 0.15) is 32.4 Å². The van der Waals surface area contributed by atoms with Gasteiger partial charge in [-0.3, -0.25) is 4.79 Å². The number of hydrogen-bond acceptors (Lipinski definition) is 5. The molecule has 2 atom stereocenters. The largest absolute Gasteiger partial charge is 0.395 e. The second-order valence-corrected chi connectivity index (χ2v) is 5.43. The molecule has 0 saturated carbocycles. The summed E-state index contributed by atoms with van der Waals surface area (Å²) in [6, 6.07) is 1.40. The summed E-state index contributed by atoms with van der Waals surface area (Å²) < 4.78 is 0. The van der Waals surface area contributed by atoms with E-state index in [2.05, 4.69) is 9.97 Å². The summed E-state index contributed by atoms with van der Waals surface area (Å²) in [6.07, 6.45) is 2.50. The van der Waals surface area contributed by atoms with Crippen LogP contribution in [0.2, 0.25) is 0 Å². The highest BCUT2D eigenvalue weighted by Gasteiger charge is 2.18. The first-order chi connectivity index (χ1) is 8.60. The van der Waals surface area contributed by atoms with Gasteiger partial charge in [0.25, 0.3) is 5.56 Å². The summed E-state index contributed by atoms with van der Waals surface area (Å²) in [4.78, 5) is 18.5. The number of rotatable bonds is 7. The van der Waals surface area contributed by atoms with Crippen LogP contribution in [0.4, 0.5) is 0 Å². The van der Waals surface area contributed by atoms with Crippen LogP contribution in [0.5, 0.6) is 0 Å². The van der Waals surface area contributed by atoms with Crippen molar-refractivity contribution in [1.29, 1.82) is 0 Å². The van der Waals surface area contributed by atoms with Crippen LogP contribution in [0.25, 0.3) is 0 Å². The van der Waals surface area contributed by atoms with Crippen LogP contribution in [-0.2, 0) is 6.42 Å². The Morgan fingerprint density at radius 3 is 2.83 bits per heavy atom. The molecule has 0 radical (unpaired) electrons. The Hall–Kier alpha value is -0.850. The van der Waals surface area contributed by atoms with E-state index in [1.807, 2.05) is 13.8 Å². The Bertz CT molecular complexity index is 422. The molecular weight excluding hydrogens is 250 g/mol. The summed E-state index contributed by atoms with van der Waals surface area (Å²) in [5.41, 5.74) is 6.54. The zero-order valence-corrected chi connectivity index (χ0v) is 11.7. The fourth-order valence-corrected chi connectivity index (χ4v) is 2.65. The zero-order chi connectivity index (χ0) is 13.5. The van der Waals surface area contributed by atoms with Crippen molar-refractivity contribution >= 4 is 11.8 Å². The first kappa shape index (κ1) is 15.2. The molecule has 0 fully saturated rings. The molecule has 0 bridgehead atoms. The van der Waals surface area contributed by atoms with Gasteiger partial charge in [0, 0.05) is 17.8 Å². The van der Waals surface area contributed by atoms with E-state index in [4.69, 9.17) is 5.73 Å². The lowest BCUT2D eigenvalue weighted by molar-refractivity contribution is 0.281. The average molecular weight is 271 g/mol. The molecule has 6 heteroatoms. The monoisotopic (exact) mass is 271 g/mol. The lowest BCUT2D eigenvalue weighted by Gasteiger charge is -2.19. The van der Waals surface area contributed by atoms with Gasteiger partial charge >= 0.3 is 0 Å². The van der Waals surface area contributed by atoms with Crippen molar-refractivity contribution in [2.45, 2.75) is 49.6 Å². The first-order valence-corrected chi connectivity index (χ1v) is 7.12. The SMILES string of the molecule is CCCc1cc(=O)[nH]c(SC(CO)C(N)CC)n1. The molecule has 0 aliphatic carbocycles. The number of aliphatic hydroxyl groups excluding tert-OH is 1. The van der Waals surface area contributed by atoms with E-state index in [9.17, 15) is 9.90 Å². The summed E-state index contributed by atoms with van der Waals surface area (Å²) in [6.45, 7) is 3.98. The molecular formula is C12H21N3O2S. The average Bonchev–Trinajstić information content (AvgIpc) is 2.34. The Balaban J connectivity index is 2.85. The minimum atomic E-state index is -0.155. The van der Waals surface area contributed by atoms with Crippen molar-refractivity contribution in [1.82, 2.24) is 9.97 Å². The highest BCUT2D eigenvalue weighted by Crippen LogP contribution is 2.21. The van der Waals surface area contributed by atoms with Crippen LogP contribution in [-0.4, -0.2) is 33.0 Å². The maximum atomic E-state index is 11.5. The lowest BCUT2D eigenvalue weighted by Crippen LogP contribution is -2.34. The lowest BCUT2D eigenvalue weighted by atomic mass is 10.2. The van der Waals surface area contributed by atoms with E-state index in [0.717, 1.165) is 25.0 Å². The Morgan fingerprint density at radius 1 is 1.56 bits per heavy atom. The number of nitrogens with one attached hydrogen (secondary N) is 1. The first-order valence-electron chi connectivity index (χ1n) is 6.24. The van der Waals surface area contributed by atoms with Crippen LogP contribution in [0.3, 0.4) is 0 Å². The molecule has 0 aromatic carbocycles. The molecule has 0 aliphatic heterocycles. The van der Waals surface area contributed by atoms with Gasteiger partial charge in [0.2, 0.25) is 0 Å². The quantitative estimate of drug-likeness (QED) is 0.506. The molecule has 1 aromatic rings. The van der Waals surface area contributed by atoms with Gasteiger partial charge in [-0.05, 0) is 12.8 Å². The molecule has 0 spiro atoms. The number of nitrogens with two attached hydrogens (primary N) is 1. The van der Waals surface area contributed by atoms with Gasteiger partial charge in [-0.15, -0.1) is 0 Å². The molecule has 2 unspecified atom stereocenters. The van der Waals surface area contributed by atoms with E-state index >= 15 is 0 Å². The molecule has 0 saturated heterocycles. The number of nitrogens with zero attached hydrogens (tertiary/aromatic N) is 1. The highest BCUT2D eigenvalue weighted by molar-refractivity contribution is 7.99. The second-order valence-electron chi connectivity index (χ2n) is 4.20. The van der Waals surface area contributed by atoms with Crippen molar-refractivity contribution in [2.75, 3.05) is 6.61 Å². The minimum Gasteiger partial charge on any atom is -0.395 e. The third-order valence-corrected chi connectivity index (χ3v) is 3.89. The Kier molecular flexibility index (Phi) is 6.38. The number of aromatic amines is 1. The third kappa shape index (κ3) is 4.44. The predicted molar refractivity (Wildman–Crippen MR) is 73.8 cm³/mol. The number of aromatic nitrogens is 2. The zero-order valence-electron chi connectivity index (χ0n) is 10.8. The molecule has 4 N–H and O–H groups in total. The van der Waals surface area contributed by atoms with Gasteiger partial charge in [0.15, 0.2) is 5.16 Å². The smallest absolute Gasteiger partial charge is 0.251 e. The van der Waals surface area contributed by atoms with Gasteiger partial charge in [-0.25, -0.2) is 4.98 Å². The topological polar surface area (TPSA) is 92.0 Å². The number of thioether (sulfide) groups is 1. The van der Waals surface area contributed by atoms with Gasteiger partial charge in [-0.2, -0.15) is 0 Å². The molecule has 5 nitrogen and oxygen atoms in total. The number of aliphatic hydroxyl groups is 1. The maximum Gasteiger partial charge on any atom is 0.251 e. The Labute approximate surface area is 111 Å². The van der Waals surface area contributed by atoms with Crippen LogP contribution in [0.15, 0.2) is 16.0 Å². The van der Waals surface area contributed by atoms with Crippen molar-refractivity contribution < 1.29 is 5.11 Å². The van der Waals surface area contributed by atoms with Crippen LogP contribution in [0, 0.1) is 0 Å². The molecule has 0 amide bonds. The summed E-state index contributed by atoms with van der Waals surface area (Å²) >= 11 is 1.33. The highest BCUT2D eigenvalue weighted by atomic mass is 32.2. The standard InChI is InChI=1S/C12H21N3O2S/c1-3-5-8-6-11(17)15-12(14-8)18-10(7-16)9(13)4-2/h6,9-10,16H,3-5,7,13H2,1-2H3,(H,14,15,17). The van der Waals surface area contributed by atoms with Gasteiger partial charge in [-0.1, -0.05) is 32.0 Å². The molecule has 0 aliphatic rings. The maximum absolute atomic E-state index is 11.5. The normalized spacial score (nSPS) is 14.4. The number of hydrogen-bond donors (Lipinski definition) is 3. The van der Waals surface area contributed by atoms with Crippen molar-refractivity contribution in [3.05, 3.63) is 22.1 Å². The molecule has 1 rings (SSSR count). The van der Waals surface area contributed by atoms with E-state index in [0.29, 0.717) is 5.16 Å². The predicted octanol–water partition coefficient (Wildman–Crippen LogP) is 0.913. The summed E-state index contributed by atoms with van der Waals surface area (Å²) in [5.74, 6) is 0. The molecule has 1 heterocycles. The fraction of sp³-hybridized carbons (Fsp3) is 0.667. The van der Waals surface area contributed by atoms with Crippen molar-refractivity contribution in [3.63, 3.8) is 0 Å². The summed E-state index contributed by atoms with van der Waals surface area (Å²) in [5, 5.41) is 9.70. The van der Waals surface area contributed by atoms with Crippen molar-refractivity contribution in [3.8, 4) is 0 Å². The number of aryl methyl sites for hydroxylation is 1. The van der Waals surface area contributed by atoms with E-state index in [-0.39, 0.29) is 23.5 Å². The minimum absolute atomic E-state index is 0.0264. The molecule has 102 valence electrons. The van der Waals surface area contributed by atoms with Crippen LogP contribution < -0.4 is 11.3 Å². The molecule has 1 aromatic heterocycles. The fourth-order valence-electron chi connectivity index (χ4n) is 1.59. The van der Waals surface area contributed by atoms with Gasteiger partial charge in [0.1, 0.15) is 0 Å². The third-order valence-electron chi connectivity index (χ3n) is 2.67. The van der Waals surface area contributed by atoms with E-state index in [1.165, 1.54) is 17.8 Å². The van der Waals surface area contributed by atoms with E-state index in [1.54, 1.807) is 0 Å². The van der Waals surface area contributed by atoms with Gasteiger partial charge < -0.3 is 15.8 Å². The van der Waals surface area contributed by atoms with Crippen LogP contribution >= 0.6 is 11.8 Å². The Morgan fingerprint density at radius 2 is 2.28 bits per heavy atom.